The summed E-state index contributed by atoms with van der Waals surface area (Å²) in [4.78, 5) is 0. The molecule has 2 heterocycles. The molecule has 0 saturated heterocycles. The Morgan fingerprint density at radius 2 is 2.13 bits per heavy atom. The second-order valence-electron chi connectivity index (χ2n) is 3.03. The molecule has 76 valence electrons. The van der Waals surface area contributed by atoms with Crippen molar-refractivity contribution in [3.63, 3.8) is 0 Å². The summed E-state index contributed by atoms with van der Waals surface area (Å²) >= 11 is 0. The van der Waals surface area contributed by atoms with E-state index in [4.69, 9.17) is 10.4 Å². The van der Waals surface area contributed by atoms with Crippen molar-refractivity contribution in [2.75, 3.05) is 6.61 Å². The van der Waals surface area contributed by atoms with Crippen molar-refractivity contribution >= 4 is 0 Å². The van der Waals surface area contributed by atoms with Gasteiger partial charge in [-0.1, -0.05) is 0 Å². The Labute approximate surface area is 86.8 Å². The normalized spacial score (nSPS) is 10.1. The number of nitrogens with zero attached hydrogens (tertiary/aromatic N) is 4. The van der Waals surface area contributed by atoms with Crippen LogP contribution < -0.4 is 0 Å². The molecule has 0 radical (unpaired) electrons. The lowest BCUT2D eigenvalue weighted by Crippen LogP contribution is -2.09. The van der Waals surface area contributed by atoms with Crippen molar-refractivity contribution in [2.24, 2.45) is 0 Å². The van der Waals surface area contributed by atoms with Gasteiger partial charge in [0.2, 0.25) is 0 Å². The maximum Gasteiger partial charge on any atom is 0.153 e. The van der Waals surface area contributed by atoms with E-state index in [1.165, 1.54) is 6.20 Å². The van der Waals surface area contributed by atoms with E-state index in [1.807, 2.05) is 24.5 Å². The van der Waals surface area contributed by atoms with Crippen LogP contribution in [0.1, 0.15) is 5.56 Å². The largest absolute Gasteiger partial charge is 0.394 e. The summed E-state index contributed by atoms with van der Waals surface area (Å²) in [5, 5.41) is 21.8. The molecule has 0 aliphatic heterocycles. The second kappa shape index (κ2) is 3.98. The van der Waals surface area contributed by atoms with Gasteiger partial charge in [0.15, 0.2) is 5.82 Å². The molecule has 0 amide bonds. The Kier molecular flexibility index (Phi) is 2.52. The van der Waals surface area contributed by atoms with Gasteiger partial charge in [0.05, 0.1) is 19.3 Å². The Hall–Kier alpha value is -2.06. The average molecular weight is 202 g/mol. The minimum atomic E-state index is 0.000811. The molecule has 5 nitrogen and oxygen atoms in total. The van der Waals surface area contributed by atoms with Gasteiger partial charge in [0.25, 0.3) is 0 Å². The van der Waals surface area contributed by atoms with Crippen LogP contribution in [-0.4, -0.2) is 26.1 Å². The number of nitriles is 1. The van der Waals surface area contributed by atoms with Gasteiger partial charge in [-0.3, -0.25) is 0 Å². The third-order valence-corrected chi connectivity index (χ3v) is 2.09. The average Bonchev–Trinajstić information content (AvgIpc) is 2.85. The van der Waals surface area contributed by atoms with E-state index in [9.17, 15) is 0 Å². The first kappa shape index (κ1) is 9.49. The van der Waals surface area contributed by atoms with Crippen molar-refractivity contribution in [3.05, 3.63) is 36.3 Å². The highest BCUT2D eigenvalue weighted by Crippen LogP contribution is 2.13. The number of hydrogen-bond acceptors (Lipinski definition) is 3. The zero-order chi connectivity index (χ0) is 10.7. The van der Waals surface area contributed by atoms with Crippen molar-refractivity contribution in [2.45, 2.75) is 6.54 Å². The Balaban J connectivity index is 2.52. The summed E-state index contributed by atoms with van der Waals surface area (Å²) in [6.07, 6.45) is 5.18. The van der Waals surface area contributed by atoms with E-state index in [1.54, 1.807) is 9.25 Å². The second-order valence-corrected chi connectivity index (χ2v) is 3.03. The highest BCUT2D eigenvalue weighted by molar-refractivity contribution is 5.43. The molecule has 0 aliphatic rings. The monoisotopic (exact) mass is 202 g/mol. The molecule has 2 aromatic rings. The van der Waals surface area contributed by atoms with Crippen LogP contribution in [0.2, 0.25) is 0 Å². The standard InChI is InChI=1S/C10H10N4O/c11-7-9-8-12-14(5-6-15)10(9)13-3-1-2-4-13/h1-4,8,15H,5-6H2. The molecule has 15 heavy (non-hydrogen) atoms. The summed E-state index contributed by atoms with van der Waals surface area (Å²) in [6, 6.07) is 5.82. The van der Waals surface area contributed by atoms with Crippen LogP contribution in [0.5, 0.6) is 0 Å². The fourth-order valence-corrected chi connectivity index (χ4v) is 1.46. The summed E-state index contributed by atoms with van der Waals surface area (Å²) in [6.45, 7) is 0.385. The van der Waals surface area contributed by atoms with Crippen LogP contribution in [0.4, 0.5) is 0 Å². The number of aliphatic hydroxyl groups excluding tert-OH is 1. The lowest BCUT2D eigenvalue weighted by molar-refractivity contribution is 0.269. The maximum absolute atomic E-state index is 8.92. The molecular formula is C10H10N4O. The molecule has 0 saturated carbocycles. The number of rotatable bonds is 3. The van der Waals surface area contributed by atoms with Crippen molar-refractivity contribution in [1.82, 2.24) is 14.3 Å². The molecule has 0 atom stereocenters. The molecule has 1 N–H and O–H groups in total. The lowest BCUT2D eigenvalue weighted by atomic mass is 10.3. The molecule has 0 fully saturated rings. The molecule has 0 spiro atoms. The van der Waals surface area contributed by atoms with E-state index in [-0.39, 0.29) is 6.61 Å². The Bertz CT molecular complexity index is 478. The first-order chi connectivity index (χ1) is 7.36. The van der Waals surface area contributed by atoms with Gasteiger partial charge >= 0.3 is 0 Å². The lowest BCUT2D eigenvalue weighted by Gasteiger charge is -2.06. The zero-order valence-corrected chi connectivity index (χ0v) is 8.04. The molecule has 5 heteroatoms. The molecule has 0 unspecified atom stereocenters. The minimum absolute atomic E-state index is 0.000811. The van der Waals surface area contributed by atoms with E-state index >= 15 is 0 Å². The van der Waals surface area contributed by atoms with Gasteiger partial charge in [0.1, 0.15) is 11.6 Å². The van der Waals surface area contributed by atoms with Crippen LogP contribution in [0.25, 0.3) is 5.82 Å². The molecule has 2 aromatic heterocycles. The zero-order valence-electron chi connectivity index (χ0n) is 8.04. The van der Waals surface area contributed by atoms with Gasteiger partial charge in [-0.2, -0.15) is 10.4 Å². The smallest absolute Gasteiger partial charge is 0.153 e. The van der Waals surface area contributed by atoms with Gasteiger partial charge < -0.3 is 9.67 Å². The van der Waals surface area contributed by atoms with Gasteiger partial charge in [0, 0.05) is 12.4 Å². The first-order valence-corrected chi connectivity index (χ1v) is 4.57. The molecule has 0 bridgehead atoms. The third kappa shape index (κ3) is 1.63. The molecule has 2 rings (SSSR count). The summed E-state index contributed by atoms with van der Waals surface area (Å²) in [5.41, 5.74) is 0.500. The topological polar surface area (TPSA) is 66.8 Å². The van der Waals surface area contributed by atoms with Crippen LogP contribution in [0.3, 0.4) is 0 Å². The predicted octanol–water partition coefficient (Wildman–Crippen LogP) is 0.538. The minimum Gasteiger partial charge on any atom is -0.394 e. The SMILES string of the molecule is N#Cc1cnn(CCO)c1-n1cccc1. The summed E-state index contributed by atoms with van der Waals surface area (Å²) in [5.74, 6) is 0.691. The van der Waals surface area contributed by atoms with Gasteiger partial charge in [-0.15, -0.1) is 0 Å². The molecule has 0 aromatic carbocycles. The van der Waals surface area contributed by atoms with Crippen molar-refractivity contribution < 1.29 is 5.11 Å². The fourth-order valence-electron chi connectivity index (χ4n) is 1.46. The van der Waals surface area contributed by atoms with E-state index in [0.717, 1.165) is 0 Å². The van der Waals surface area contributed by atoms with Gasteiger partial charge in [-0.25, -0.2) is 4.68 Å². The van der Waals surface area contributed by atoms with E-state index < -0.39 is 0 Å². The number of aliphatic hydroxyl groups is 1. The maximum atomic E-state index is 8.92. The van der Waals surface area contributed by atoms with E-state index in [2.05, 4.69) is 11.2 Å². The van der Waals surface area contributed by atoms with Gasteiger partial charge in [-0.05, 0) is 12.1 Å². The van der Waals surface area contributed by atoms with Crippen LogP contribution >= 0.6 is 0 Å². The third-order valence-electron chi connectivity index (χ3n) is 2.09. The van der Waals surface area contributed by atoms with Crippen molar-refractivity contribution in [1.29, 1.82) is 5.26 Å². The van der Waals surface area contributed by atoms with Crippen LogP contribution in [-0.2, 0) is 6.54 Å². The number of hydrogen-bond donors (Lipinski definition) is 1. The van der Waals surface area contributed by atoms with Crippen LogP contribution in [0, 0.1) is 11.3 Å². The Morgan fingerprint density at radius 3 is 2.73 bits per heavy atom. The van der Waals surface area contributed by atoms with E-state index in [0.29, 0.717) is 17.9 Å². The van der Waals surface area contributed by atoms with Crippen molar-refractivity contribution in [3.8, 4) is 11.9 Å². The molecular weight excluding hydrogens is 192 g/mol. The number of aromatic nitrogens is 3. The first-order valence-electron chi connectivity index (χ1n) is 4.57. The predicted molar refractivity (Wildman–Crippen MR) is 53.4 cm³/mol. The highest BCUT2D eigenvalue weighted by Gasteiger charge is 2.10. The Morgan fingerprint density at radius 1 is 1.40 bits per heavy atom. The highest BCUT2D eigenvalue weighted by atomic mass is 16.3. The quantitative estimate of drug-likeness (QED) is 0.789. The summed E-state index contributed by atoms with van der Waals surface area (Å²) < 4.78 is 3.42. The fraction of sp³-hybridized carbons (Fsp3) is 0.200. The van der Waals surface area contributed by atoms with Crippen LogP contribution in [0.15, 0.2) is 30.7 Å². The molecule has 0 aliphatic carbocycles. The summed E-state index contributed by atoms with van der Waals surface area (Å²) in [7, 11) is 0.